The Kier molecular flexibility index (Phi) is 4.96. The minimum absolute atomic E-state index is 0.0425. The van der Waals surface area contributed by atoms with Gasteiger partial charge in [-0.05, 0) is 30.5 Å². The number of hydrogen-bond donors (Lipinski definition) is 2. The van der Waals surface area contributed by atoms with Crippen molar-refractivity contribution in [3.8, 4) is 0 Å². The molecule has 2 rings (SSSR count). The van der Waals surface area contributed by atoms with Crippen LogP contribution in [0.5, 0.6) is 0 Å². The minimum Gasteiger partial charge on any atom is -0.481 e. The third kappa shape index (κ3) is 4.04. The fraction of sp³-hybridized carbons (Fsp3) is 0.333. The number of carboxylic acid groups (broad SMARTS) is 1. The highest BCUT2D eigenvalue weighted by molar-refractivity contribution is 6.30. The van der Waals surface area contributed by atoms with Gasteiger partial charge in [0, 0.05) is 5.92 Å². The maximum Gasteiger partial charge on any atom is 0.305 e. The van der Waals surface area contributed by atoms with Crippen LogP contribution in [0.4, 0.5) is 4.39 Å². The van der Waals surface area contributed by atoms with E-state index in [0.29, 0.717) is 18.4 Å². The first-order valence-electron chi connectivity index (χ1n) is 6.59. The summed E-state index contributed by atoms with van der Waals surface area (Å²) in [6, 6.07) is 3.25. The van der Waals surface area contributed by atoms with Crippen LogP contribution in [-0.4, -0.2) is 17.0 Å². The number of hydrogen-bond acceptors (Lipinski definition) is 2. The third-order valence-electron chi connectivity index (χ3n) is 3.42. The van der Waals surface area contributed by atoms with E-state index in [1.807, 2.05) is 12.2 Å². The zero-order chi connectivity index (χ0) is 15.4. The number of allylic oxidation sites excluding steroid dienone is 2. The fourth-order valence-corrected chi connectivity index (χ4v) is 2.39. The van der Waals surface area contributed by atoms with Gasteiger partial charge in [-0.15, -0.1) is 0 Å². The Morgan fingerprint density at radius 1 is 1.38 bits per heavy atom. The molecule has 0 heterocycles. The van der Waals surface area contributed by atoms with E-state index in [1.54, 1.807) is 0 Å². The molecular weight excluding hydrogens is 297 g/mol. The number of nitrogens with one attached hydrogen (secondary N) is 1. The largest absolute Gasteiger partial charge is 0.481 e. The van der Waals surface area contributed by atoms with Crippen molar-refractivity contribution in [1.29, 1.82) is 0 Å². The molecule has 1 aliphatic rings. The zero-order valence-corrected chi connectivity index (χ0v) is 11.9. The van der Waals surface area contributed by atoms with E-state index in [-0.39, 0.29) is 23.3 Å². The molecule has 0 fully saturated rings. The summed E-state index contributed by atoms with van der Waals surface area (Å²) in [6.45, 7) is 0. The second-order valence-corrected chi connectivity index (χ2v) is 5.38. The first-order chi connectivity index (χ1) is 9.97. The molecule has 1 aliphatic carbocycles. The smallest absolute Gasteiger partial charge is 0.305 e. The first kappa shape index (κ1) is 15.5. The minimum atomic E-state index is -1.07. The van der Waals surface area contributed by atoms with Crippen molar-refractivity contribution >= 4 is 23.5 Å². The number of amides is 1. The van der Waals surface area contributed by atoms with Gasteiger partial charge >= 0.3 is 5.97 Å². The van der Waals surface area contributed by atoms with E-state index in [1.165, 1.54) is 12.1 Å². The summed E-state index contributed by atoms with van der Waals surface area (Å²) in [5.74, 6) is -2.11. The summed E-state index contributed by atoms with van der Waals surface area (Å²) in [5, 5.41) is 11.6. The van der Waals surface area contributed by atoms with Gasteiger partial charge in [0.15, 0.2) is 0 Å². The van der Waals surface area contributed by atoms with Crippen molar-refractivity contribution in [1.82, 2.24) is 5.32 Å². The highest BCUT2D eigenvalue weighted by Crippen LogP contribution is 2.24. The van der Waals surface area contributed by atoms with Crippen LogP contribution in [0.2, 0.25) is 5.02 Å². The molecule has 4 nitrogen and oxygen atoms in total. The predicted molar refractivity (Wildman–Crippen MR) is 76.4 cm³/mol. The van der Waals surface area contributed by atoms with Crippen LogP contribution in [0.1, 0.15) is 30.9 Å². The van der Waals surface area contributed by atoms with Gasteiger partial charge in [0.2, 0.25) is 5.91 Å². The molecule has 112 valence electrons. The average Bonchev–Trinajstić information content (AvgIpc) is 2.94. The van der Waals surface area contributed by atoms with Crippen molar-refractivity contribution < 1.29 is 19.1 Å². The van der Waals surface area contributed by atoms with Gasteiger partial charge in [-0.25, -0.2) is 4.39 Å². The number of carboxylic acids is 1. The lowest BCUT2D eigenvalue weighted by molar-refractivity contribution is -0.137. The summed E-state index contributed by atoms with van der Waals surface area (Å²) in [4.78, 5) is 23.1. The molecular formula is C15H15ClFNO3. The van der Waals surface area contributed by atoms with Crippen molar-refractivity contribution in [2.75, 3.05) is 0 Å². The average molecular weight is 312 g/mol. The molecule has 1 unspecified atom stereocenters. The fourth-order valence-electron chi connectivity index (χ4n) is 2.28. The molecule has 0 aromatic heterocycles. The van der Waals surface area contributed by atoms with Crippen LogP contribution < -0.4 is 5.32 Å². The SMILES string of the molecule is O=C(O)CC(NC(=O)C1CC=CC1)c1ccc(Cl)c(F)c1. The Hall–Kier alpha value is -1.88. The van der Waals surface area contributed by atoms with Crippen molar-refractivity contribution in [3.05, 3.63) is 46.8 Å². The summed E-state index contributed by atoms with van der Waals surface area (Å²) in [7, 11) is 0. The molecule has 1 aromatic rings. The predicted octanol–water partition coefficient (Wildman–Crippen LogP) is 3.08. The van der Waals surface area contributed by atoms with E-state index in [0.717, 1.165) is 6.07 Å². The number of carbonyl (C=O) groups is 2. The van der Waals surface area contributed by atoms with Gasteiger partial charge in [-0.3, -0.25) is 9.59 Å². The summed E-state index contributed by atoms with van der Waals surface area (Å²) >= 11 is 5.61. The monoisotopic (exact) mass is 311 g/mol. The lowest BCUT2D eigenvalue weighted by Crippen LogP contribution is -2.34. The highest BCUT2D eigenvalue weighted by Gasteiger charge is 2.24. The van der Waals surface area contributed by atoms with E-state index in [4.69, 9.17) is 16.7 Å². The van der Waals surface area contributed by atoms with Gasteiger partial charge in [-0.1, -0.05) is 29.8 Å². The molecule has 0 saturated carbocycles. The lowest BCUT2D eigenvalue weighted by Gasteiger charge is -2.20. The van der Waals surface area contributed by atoms with E-state index in [9.17, 15) is 14.0 Å². The van der Waals surface area contributed by atoms with Crippen LogP contribution in [0.3, 0.4) is 0 Å². The van der Waals surface area contributed by atoms with Gasteiger partial charge < -0.3 is 10.4 Å². The van der Waals surface area contributed by atoms with Gasteiger partial charge in [0.25, 0.3) is 0 Å². The lowest BCUT2D eigenvalue weighted by atomic mass is 10.0. The van der Waals surface area contributed by atoms with Crippen molar-refractivity contribution in [3.63, 3.8) is 0 Å². The first-order valence-corrected chi connectivity index (χ1v) is 6.97. The number of benzene rings is 1. The molecule has 1 amide bonds. The Morgan fingerprint density at radius 2 is 2.05 bits per heavy atom. The normalized spacial score (nSPS) is 15.9. The van der Waals surface area contributed by atoms with Crippen molar-refractivity contribution in [2.45, 2.75) is 25.3 Å². The second-order valence-electron chi connectivity index (χ2n) is 4.97. The maximum atomic E-state index is 13.5. The summed E-state index contributed by atoms with van der Waals surface area (Å²) in [5.41, 5.74) is 0.388. The zero-order valence-electron chi connectivity index (χ0n) is 11.2. The van der Waals surface area contributed by atoms with Crippen LogP contribution in [-0.2, 0) is 9.59 Å². The van der Waals surface area contributed by atoms with Gasteiger partial charge in [0.1, 0.15) is 5.82 Å². The second kappa shape index (κ2) is 6.72. The van der Waals surface area contributed by atoms with Crippen LogP contribution in [0.25, 0.3) is 0 Å². The van der Waals surface area contributed by atoms with E-state index in [2.05, 4.69) is 5.32 Å². The van der Waals surface area contributed by atoms with Crippen LogP contribution in [0.15, 0.2) is 30.4 Å². The van der Waals surface area contributed by atoms with E-state index >= 15 is 0 Å². The molecule has 1 atom stereocenters. The molecule has 2 N–H and O–H groups in total. The molecule has 0 saturated heterocycles. The quantitative estimate of drug-likeness (QED) is 0.821. The molecule has 0 spiro atoms. The Balaban J connectivity index is 2.15. The Labute approximate surface area is 126 Å². The van der Waals surface area contributed by atoms with Gasteiger partial charge in [-0.2, -0.15) is 0 Å². The number of aliphatic carboxylic acids is 1. The number of halogens is 2. The standard InChI is InChI=1S/C15H15ClFNO3/c16-11-6-5-10(7-12(11)17)13(8-14(19)20)18-15(21)9-3-1-2-4-9/h1-2,5-7,9,13H,3-4,8H2,(H,18,21)(H,19,20). The molecule has 1 aromatic carbocycles. The Bertz CT molecular complexity index is 580. The molecule has 0 radical (unpaired) electrons. The molecule has 0 aliphatic heterocycles. The van der Waals surface area contributed by atoms with Crippen molar-refractivity contribution in [2.24, 2.45) is 5.92 Å². The molecule has 0 bridgehead atoms. The van der Waals surface area contributed by atoms with E-state index < -0.39 is 17.8 Å². The van der Waals surface area contributed by atoms with Gasteiger partial charge in [0.05, 0.1) is 17.5 Å². The molecule has 21 heavy (non-hydrogen) atoms. The Morgan fingerprint density at radius 3 is 2.62 bits per heavy atom. The highest BCUT2D eigenvalue weighted by atomic mass is 35.5. The summed E-state index contributed by atoms with van der Waals surface area (Å²) < 4.78 is 13.5. The molecule has 6 heteroatoms. The van der Waals surface area contributed by atoms with Crippen LogP contribution >= 0.6 is 11.6 Å². The third-order valence-corrected chi connectivity index (χ3v) is 3.73. The number of carbonyl (C=O) groups excluding carboxylic acids is 1. The summed E-state index contributed by atoms with van der Waals surface area (Å²) in [6.07, 6.45) is 4.80. The maximum absolute atomic E-state index is 13.5. The number of rotatable bonds is 5. The van der Waals surface area contributed by atoms with Crippen LogP contribution in [0, 0.1) is 11.7 Å². The topological polar surface area (TPSA) is 66.4 Å².